The van der Waals surface area contributed by atoms with Gasteiger partial charge >= 0.3 is 0 Å². The van der Waals surface area contributed by atoms with Gasteiger partial charge in [-0.15, -0.1) is 0 Å². The number of phenolic OH excluding ortho intramolecular Hbond substituents is 1. The van der Waals surface area contributed by atoms with Crippen LogP contribution in [0.25, 0.3) is 0 Å². The van der Waals surface area contributed by atoms with Crippen LogP contribution in [-0.2, 0) is 4.79 Å². The SMILES string of the molecule is CC(C)N1C(=O)CCN1c1ccccc1O. The summed E-state index contributed by atoms with van der Waals surface area (Å²) in [5.74, 6) is 0.320. The van der Waals surface area contributed by atoms with Crippen LogP contribution in [0.3, 0.4) is 0 Å². The molecule has 4 heteroatoms. The Hall–Kier alpha value is -1.71. The number of aromatic hydroxyl groups is 1. The summed E-state index contributed by atoms with van der Waals surface area (Å²) >= 11 is 0. The first-order valence-corrected chi connectivity index (χ1v) is 5.48. The number of hydrazine groups is 1. The van der Waals surface area contributed by atoms with Crippen LogP contribution in [0.5, 0.6) is 5.75 Å². The first-order chi connectivity index (χ1) is 7.61. The standard InChI is InChI=1S/C12H16N2O2/c1-9(2)14-12(16)7-8-13(14)10-5-3-4-6-11(10)15/h3-6,9,15H,7-8H2,1-2H3. The van der Waals surface area contributed by atoms with Crippen molar-refractivity contribution in [3.8, 4) is 5.75 Å². The zero-order valence-corrected chi connectivity index (χ0v) is 9.55. The number of hydrogen-bond donors (Lipinski definition) is 1. The normalized spacial score (nSPS) is 16.3. The Morgan fingerprint density at radius 1 is 1.31 bits per heavy atom. The molecule has 1 aliphatic heterocycles. The van der Waals surface area contributed by atoms with E-state index in [-0.39, 0.29) is 17.7 Å². The fourth-order valence-corrected chi connectivity index (χ4v) is 2.04. The number of anilines is 1. The van der Waals surface area contributed by atoms with E-state index in [0.717, 1.165) is 0 Å². The third kappa shape index (κ3) is 1.71. The predicted octanol–water partition coefficient (Wildman–Crippen LogP) is 1.75. The van der Waals surface area contributed by atoms with E-state index in [1.807, 2.05) is 31.0 Å². The molecule has 0 radical (unpaired) electrons. The minimum atomic E-state index is 0.106. The van der Waals surface area contributed by atoms with Gasteiger partial charge in [-0.05, 0) is 26.0 Å². The van der Waals surface area contributed by atoms with Crippen molar-refractivity contribution in [2.24, 2.45) is 0 Å². The fourth-order valence-electron chi connectivity index (χ4n) is 2.04. The van der Waals surface area contributed by atoms with E-state index >= 15 is 0 Å². The molecular formula is C12H16N2O2. The summed E-state index contributed by atoms with van der Waals surface area (Å²) in [6, 6.07) is 7.20. The van der Waals surface area contributed by atoms with E-state index in [0.29, 0.717) is 18.7 Å². The molecule has 4 nitrogen and oxygen atoms in total. The molecule has 2 rings (SSSR count). The number of amides is 1. The number of benzene rings is 1. The average molecular weight is 220 g/mol. The molecule has 0 atom stereocenters. The molecule has 0 spiro atoms. The Morgan fingerprint density at radius 3 is 2.62 bits per heavy atom. The van der Waals surface area contributed by atoms with E-state index in [1.165, 1.54) is 0 Å². The van der Waals surface area contributed by atoms with Gasteiger partial charge < -0.3 is 5.11 Å². The molecule has 0 unspecified atom stereocenters. The van der Waals surface area contributed by atoms with Crippen LogP contribution in [-0.4, -0.2) is 28.6 Å². The molecule has 86 valence electrons. The number of nitrogens with zero attached hydrogens (tertiary/aromatic N) is 2. The Kier molecular flexibility index (Phi) is 2.73. The van der Waals surface area contributed by atoms with Crippen LogP contribution in [0.1, 0.15) is 20.3 Å². The van der Waals surface area contributed by atoms with Crippen LogP contribution >= 0.6 is 0 Å². The van der Waals surface area contributed by atoms with Gasteiger partial charge in [0.05, 0.1) is 5.69 Å². The highest BCUT2D eigenvalue weighted by Crippen LogP contribution is 2.31. The van der Waals surface area contributed by atoms with E-state index in [4.69, 9.17) is 0 Å². The lowest BCUT2D eigenvalue weighted by Gasteiger charge is -2.33. The topological polar surface area (TPSA) is 43.8 Å². The minimum absolute atomic E-state index is 0.106. The maximum atomic E-state index is 11.7. The van der Waals surface area contributed by atoms with Crippen molar-refractivity contribution in [3.05, 3.63) is 24.3 Å². The molecule has 1 heterocycles. The van der Waals surface area contributed by atoms with E-state index in [1.54, 1.807) is 17.1 Å². The molecule has 0 aromatic heterocycles. The van der Waals surface area contributed by atoms with Crippen molar-refractivity contribution in [2.75, 3.05) is 11.6 Å². The molecule has 1 fully saturated rings. The highest BCUT2D eigenvalue weighted by atomic mass is 16.3. The summed E-state index contributed by atoms with van der Waals surface area (Å²) in [5, 5.41) is 13.3. The molecule has 16 heavy (non-hydrogen) atoms. The van der Waals surface area contributed by atoms with Crippen LogP contribution < -0.4 is 5.01 Å². The molecule has 0 saturated carbocycles. The van der Waals surface area contributed by atoms with Gasteiger partial charge in [0.25, 0.3) is 0 Å². The smallest absolute Gasteiger partial charge is 0.243 e. The maximum Gasteiger partial charge on any atom is 0.243 e. The van der Waals surface area contributed by atoms with Crippen LogP contribution in [0.4, 0.5) is 5.69 Å². The minimum Gasteiger partial charge on any atom is -0.506 e. The van der Waals surface area contributed by atoms with Crippen molar-refractivity contribution in [1.82, 2.24) is 5.01 Å². The monoisotopic (exact) mass is 220 g/mol. The largest absolute Gasteiger partial charge is 0.506 e. The maximum absolute atomic E-state index is 11.7. The molecule has 1 amide bonds. The van der Waals surface area contributed by atoms with E-state index in [9.17, 15) is 9.90 Å². The van der Waals surface area contributed by atoms with Crippen molar-refractivity contribution < 1.29 is 9.90 Å². The molecular weight excluding hydrogens is 204 g/mol. The van der Waals surface area contributed by atoms with Gasteiger partial charge in [-0.25, -0.2) is 0 Å². The van der Waals surface area contributed by atoms with Crippen LogP contribution in [0.15, 0.2) is 24.3 Å². The molecule has 1 aliphatic rings. The van der Waals surface area contributed by atoms with Crippen molar-refractivity contribution >= 4 is 11.6 Å². The summed E-state index contributed by atoms with van der Waals surface area (Å²) in [6.45, 7) is 4.57. The third-order valence-corrected chi connectivity index (χ3v) is 2.70. The second-order valence-electron chi connectivity index (χ2n) is 4.19. The number of rotatable bonds is 2. The van der Waals surface area contributed by atoms with Gasteiger partial charge in [-0.3, -0.25) is 14.8 Å². The van der Waals surface area contributed by atoms with Crippen LogP contribution in [0.2, 0.25) is 0 Å². The third-order valence-electron chi connectivity index (χ3n) is 2.70. The lowest BCUT2D eigenvalue weighted by Crippen LogP contribution is -2.43. The Morgan fingerprint density at radius 2 is 2.00 bits per heavy atom. The second kappa shape index (κ2) is 4.04. The first-order valence-electron chi connectivity index (χ1n) is 5.48. The molecule has 1 aromatic rings. The lowest BCUT2D eigenvalue weighted by molar-refractivity contribution is -0.129. The zero-order valence-electron chi connectivity index (χ0n) is 9.55. The van der Waals surface area contributed by atoms with Gasteiger partial charge in [0, 0.05) is 19.0 Å². The van der Waals surface area contributed by atoms with Gasteiger partial charge in [0.1, 0.15) is 5.75 Å². The molecule has 1 saturated heterocycles. The number of phenols is 1. The Bertz CT molecular complexity index is 404. The van der Waals surface area contributed by atoms with Crippen molar-refractivity contribution in [2.45, 2.75) is 26.3 Å². The lowest BCUT2D eigenvalue weighted by atomic mass is 10.3. The highest BCUT2D eigenvalue weighted by molar-refractivity contribution is 5.82. The zero-order chi connectivity index (χ0) is 11.7. The summed E-state index contributed by atoms with van der Waals surface area (Å²) in [7, 11) is 0. The summed E-state index contributed by atoms with van der Waals surface area (Å²) in [4.78, 5) is 11.7. The predicted molar refractivity (Wildman–Crippen MR) is 62.1 cm³/mol. The van der Waals surface area contributed by atoms with Gasteiger partial charge in [-0.1, -0.05) is 12.1 Å². The van der Waals surface area contributed by atoms with Crippen LogP contribution in [0, 0.1) is 0 Å². The fraction of sp³-hybridized carbons (Fsp3) is 0.417. The molecule has 0 aliphatic carbocycles. The van der Waals surface area contributed by atoms with Crippen molar-refractivity contribution in [1.29, 1.82) is 0 Å². The molecule has 0 bridgehead atoms. The van der Waals surface area contributed by atoms with Gasteiger partial charge in [-0.2, -0.15) is 0 Å². The van der Waals surface area contributed by atoms with Gasteiger partial charge in [0.15, 0.2) is 0 Å². The Labute approximate surface area is 95.1 Å². The summed E-state index contributed by atoms with van der Waals surface area (Å²) < 4.78 is 0. The summed E-state index contributed by atoms with van der Waals surface area (Å²) in [5.41, 5.74) is 0.696. The number of carbonyl (C=O) groups excluding carboxylic acids is 1. The number of carbonyl (C=O) groups is 1. The quantitative estimate of drug-likeness (QED) is 0.825. The molecule has 1 N–H and O–H groups in total. The first kappa shape index (κ1) is 10.8. The molecule has 1 aromatic carbocycles. The van der Waals surface area contributed by atoms with E-state index < -0.39 is 0 Å². The number of hydrogen-bond acceptors (Lipinski definition) is 3. The summed E-state index contributed by atoms with van der Waals surface area (Å²) in [6.07, 6.45) is 0.506. The Balaban J connectivity index is 2.34. The average Bonchev–Trinajstić information content (AvgIpc) is 2.61. The van der Waals surface area contributed by atoms with Crippen molar-refractivity contribution in [3.63, 3.8) is 0 Å². The van der Waals surface area contributed by atoms with E-state index in [2.05, 4.69) is 0 Å². The highest BCUT2D eigenvalue weighted by Gasteiger charge is 2.32. The second-order valence-corrected chi connectivity index (χ2v) is 4.19. The van der Waals surface area contributed by atoms with Gasteiger partial charge in [0.2, 0.25) is 5.91 Å². The number of para-hydroxylation sites is 2.